The zero-order valence-electron chi connectivity index (χ0n) is 21.0. The van der Waals surface area contributed by atoms with Crippen LogP contribution in [0.1, 0.15) is 11.1 Å². The maximum absolute atomic E-state index is 5.99. The molecule has 1 fully saturated rings. The molecule has 188 valence electrons. The predicted molar refractivity (Wildman–Crippen MR) is 137 cm³/mol. The summed E-state index contributed by atoms with van der Waals surface area (Å²) < 4.78 is 15.1. The van der Waals surface area contributed by atoms with Gasteiger partial charge in [0.1, 0.15) is 5.82 Å². The summed E-state index contributed by atoms with van der Waals surface area (Å²) >= 11 is 0. The van der Waals surface area contributed by atoms with Gasteiger partial charge in [-0.3, -0.25) is 4.68 Å². The average molecular weight is 489 g/mol. The molecule has 0 aliphatic carbocycles. The Hall–Kier alpha value is -3.76. The average Bonchev–Trinajstić information content (AvgIpc) is 3.54. The molecular weight excluding hydrogens is 456 g/mol. The molecule has 1 saturated heterocycles. The van der Waals surface area contributed by atoms with Crippen molar-refractivity contribution < 1.29 is 9.47 Å². The van der Waals surface area contributed by atoms with E-state index in [2.05, 4.69) is 58.2 Å². The highest BCUT2D eigenvalue weighted by atomic mass is 16.5. The number of nitrogens with zero attached hydrogens (tertiary/aromatic N) is 8. The number of anilines is 1. The van der Waals surface area contributed by atoms with Crippen LogP contribution in [0.2, 0.25) is 0 Å². The van der Waals surface area contributed by atoms with Gasteiger partial charge in [0.2, 0.25) is 0 Å². The lowest BCUT2D eigenvalue weighted by Gasteiger charge is -2.28. The van der Waals surface area contributed by atoms with Gasteiger partial charge in [0.05, 0.1) is 31.7 Å². The van der Waals surface area contributed by atoms with Crippen molar-refractivity contribution >= 4 is 5.82 Å². The van der Waals surface area contributed by atoms with E-state index in [1.165, 1.54) is 5.56 Å². The molecule has 0 bridgehead atoms. The van der Waals surface area contributed by atoms with Crippen molar-refractivity contribution in [3.63, 3.8) is 0 Å². The van der Waals surface area contributed by atoms with E-state index < -0.39 is 0 Å². The quantitative estimate of drug-likeness (QED) is 0.355. The molecule has 4 heterocycles. The minimum atomic E-state index is 0.336. The summed E-state index contributed by atoms with van der Waals surface area (Å²) in [5.41, 5.74) is 4.31. The van der Waals surface area contributed by atoms with Gasteiger partial charge >= 0.3 is 6.01 Å². The van der Waals surface area contributed by atoms with Crippen molar-refractivity contribution in [3.8, 4) is 23.1 Å². The molecule has 0 amide bonds. The van der Waals surface area contributed by atoms with E-state index in [-0.39, 0.29) is 0 Å². The number of hydrogen-bond donors (Lipinski definition) is 0. The maximum Gasteiger partial charge on any atom is 0.320 e. The third kappa shape index (κ3) is 5.89. The molecule has 10 heteroatoms. The van der Waals surface area contributed by atoms with Crippen LogP contribution in [-0.2, 0) is 24.8 Å². The number of aryl methyl sites for hydroxylation is 1. The van der Waals surface area contributed by atoms with Gasteiger partial charge in [-0.2, -0.15) is 20.2 Å². The topological polar surface area (TPSA) is 86.4 Å². The fraction of sp³-hybridized carbons (Fsp3) is 0.385. The van der Waals surface area contributed by atoms with Gasteiger partial charge in [-0.15, -0.1) is 0 Å². The molecule has 4 aromatic rings. The summed E-state index contributed by atoms with van der Waals surface area (Å²) in [5, 5.41) is 9.05. The van der Waals surface area contributed by atoms with Gasteiger partial charge in [0, 0.05) is 57.1 Å². The Balaban J connectivity index is 1.39. The van der Waals surface area contributed by atoms with Crippen molar-refractivity contribution in [1.82, 2.24) is 34.4 Å². The van der Waals surface area contributed by atoms with Crippen LogP contribution in [-0.4, -0.2) is 81.4 Å². The van der Waals surface area contributed by atoms with Gasteiger partial charge < -0.3 is 19.3 Å². The number of ether oxygens (including phenoxy) is 2. The summed E-state index contributed by atoms with van der Waals surface area (Å²) in [7, 11) is 6.04. The van der Waals surface area contributed by atoms with Crippen LogP contribution in [0, 0.1) is 0 Å². The van der Waals surface area contributed by atoms with Gasteiger partial charge in [-0.1, -0.05) is 18.2 Å². The Kier molecular flexibility index (Phi) is 7.24. The minimum Gasteiger partial charge on any atom is -0.463 e. The number of morpholine rings is 1. The number of benzene rings is 1. The van der Waals surface area contributed by atoms with E-state index in [0.717, 1.165) is 48.7 Å². The third-order valence-electron chi connectivity index (χ3n) is 5.94. The van der Waals surface area contributed by atoms with E-state index in [4.69, 9.17) is 19.6 Å². The minimum absolute atomic E-state index is 0.336. The first-order chi connectivity index (χ1) is 17.5. The van der Waals surface area contributed by atoms with Crippen molar-refractivity contribution in [3.05, 3.63) is 66.1 Å². The Labute approximate surface area is 211 Å². The van der Waals surface area contributed by atoms with E-state index >= 15 is 0 Å². The monoisotopic (exact) mass is 488 g/mol. The van der Waals surface area contributed by atoms with E-state index in [9.17, 15) is 0 Å². The van der Waals surface area contributed by atoms with Gasteiger partial charge in [-0.25, -0.2) is 4.68 Å². The lowest BCUT2D eigenvalue weighted by molar-refractivity contribution is 0.122. The number of hydrogen-bond acceptors (Lipinski definition) is 8. The van der Waals surface area contributed by atoms with E-state index in [0.29, 0.717) is 31.6 Å². The Morgan fingerprint density at radius 3 is 2.64 bits per heavy atom. The molecule has 36 heavy (non-hydrogen) atoms. The molecule has 5 rings (SSSR count). The molecule has 1 aliphatic heterocycles. The highest BCUT2D eigenvalue weighted by molar-refractivity contribution is 5.60. The largest absolute Gasteiger partial charge is 0.463 e. The van der Waals surface area contributed by atoms with Crippen molar-refractivity contribution in [2.45, 2.75) is 13.0 Å². The molecule has 1 aliphatic rings. The second-order valence-electron chi connectivity index (χ2n) is 9.17. The molecule has 10 nitrogen and oxygen atoms in total. The zero-order valence-corrected chi connectivity index (χ0v) is 21.0. The summed E-state index contributed by atoms with van der Waals surface area (Å²) in [6.07, 6.45) is 6.49. The molecule has 0 atom stereocenters. The van der Waals surface area contributed by atoms with Crippen molar-refractivity contribution in [2.24, 2.45) is 7.05 Å². The molecule has 3 aromatic heterocycles. The van der Waals surface area contributed by atoms with E-state index in [1.54, 1.807) is 9.36 Å². The van der Waals surface area contributed by atoms with Gasteiger partial charge in [0.25, 0.3) is 0 Å². The standard InChI is InChI=1S/C26H32N8O2/c1-31(2)18-20-5-4-6-22(15-20)23-7-9-34(30-23)25-16-24(33-10-13-35-14-11-33)28-26(29-25)36-12-8-21-17-27-32(3)19-21/h4-7,9,15-17,19H,8,10-14,18H2,1-3H3. The van der Waals surface area contributed by atoms with Gasteiger partial charge in [-0.05, 0) is 37.4 Å². The Bertz CT molecular complexity index is 1290. The fourth-order valence-electron chi connectivity index (χ4n) is 4.20. The predicted octanol–water partition coefficient (Wildman–Crippen LogP) is 2.58. The summed E-state index contributed by atoms with van der Waals surface area (Å²) in [6, 6.07) is 12.8. The third-order valence-corrected chi connectivity index (χ3v) is 5.94. The SMILES string of the molecule is CN(C)Cc1cccc(-c2ccn(-c3cc(N4CCOCC4)nc(OCCc4cnn(C)c4)n3)n2)c1. The summed E-state index contributed by atoms with van der Waals surface area (Å²) in [5.74, 6) is 1.48. The molecule has 0 N–H and O–H groups in total. The normalized spacial score (nSPS) is 13.9. The molecule has 0 spiro atoms. The van der Waals surface area contributed by atoms with Crippen LogP contribution in [0.3, 0.4) is 0 Å². The Morgan fingerprint density at radius 1 is 1.03 bits per heavy atom. The Morgan fingerprint density at radius 2 is 1.86 bits per heavy atom. The first-order valence-electron chi connectivity index (χ1n) is 12.2. The first-order valence-corrected chi connectivity index (χ1v) is 12.2. The zero-order chi connectivity index (χ0) is 24.9. The van der Waals surface area contributed by atoms with Crippen LogP contribution in [0.4, 0.5) is 5.82 Å². The summed E-state index contributed by atoms with van der Waals surface area (Å²) in [6.45, 7) is 4.23. The smallest absolute Gasteiger partial charge is 0.320 e. The molecule has 0 radical (unpaired) electrons. The highest BCUT2D eigenvalue weighted by Gasteiger charge is 2.17. The van der Waals surface area contributed by atoms with E-state index in [1.807, 2.05) is 37.8 Å². The lowest BCUT2D eigenvalue weighted by atomic mass is 10.1. The van der Waals surface area contributed by atoms with Crippen molar-refractivity contribution in [2.75, 3.05) is 51.9 Å². The van der Waals surface area contributed by atoms with Crippen LogP contribution < -0.4 is 9.64 Å². The highest BCUT2D eigenvalue weighted by Crippen LogP contribution is 2.23. The van der Waals surface area contributed by atoms with Crippen molar-refractivity contribution in [1.29, 1.82) is 0 Å². The lowest BCUT2D eigenvalue weighted by Crippen LogP contribution is -2.37. The molecular formula is C26H32N8O2. The number of aromatic nitrogens is 6. The van der Waals surface area contributed by atoms with Crippen LogP contribution >= 0.6 is 0 Å². The fourth-order valence-corrected chi connectivity index (χ4v) is 4.20. The maximum atomic E-state index is 5.99. The van der Waals surface area contributed by atoms with Gasteiger partial charge in [0.15, 0.2) is 5.82 Å². The van der Waals surface area contributed by atoms with Crippen LogP contribution in [0.5, 0.6) is 6.01 Å². The summed E-state index contributed by atoms with van der Waals surface area (Å²) in [4.78, 5) is 13.7. The van der Waals surface area contributed by atoms with Crippen LogP contribution in [0.15, 0.2) is 55.0 Å². The second kappa shape index (κ2) is 10.9. The molecule has 1 aromatic carbocycles. The molecule has 0 saturated carbocycles. The first kappa shape index (κ1) is 24.0. The molecule has 0 unspecified atom stereocenters. The van der Waals surface area contributed by atoms with Crippen LogP contribution in [0.25, 0.3) is 17.1 Å². The second-order valence-corrected chi connectivity index (χ2v) is 9.17. The number of rotatable bonds is 9.